The second kappa shape index (κ2) is 3.65. The standard InChI is InChI=1S/C6H11N2O2/c9-6-5-8(10)7-3-1-2-4-7/h10H,1-5H2. The van der Waals surface area contributed by atoms with Gasteiger partial charge in [-0.3, -0.25) is 10.0 Å². The van der Waals surface area contributed by atoms with E-state index in [0.29, 0.717) is 0 Å². The van der Waals surface area contributed by atoms with Gasteiger partial charge in [-0.05, 0) is 12.8 Å². The lowest BCUT2D eigenvalue weighted by Crippen LogP contribution is -2.39. The molecule has 0 amide bonds. The first kappa shape index (κ1) is 7.65. The van der Waals surface area contributed by atoms with Crippen molar-refractivity contribution in [2.75, 3.05) is 19.6 Å². The molecule has 1 aliphatic rings. The fraction of sp³-hybridized carbons (Fsp3) is 0.833. The van der Waals surface area contributed by atoms with E-state index < -0.39 is 0 Å². The predicted octanol–water partition coefficient (Wildman–Crippen LogP) is -0.202. The van der Waals surface area contributed by atoms with E-state index in [4.69, 9.17) is 5.21 Å². The zero-order chi connectivity index (χ0) is 7.40. The first-order valence-electron chi connectivity index (χ1n) is 3.41. The first-order valence-corrected chi connectivity index (χ1v) is 3.41. The van der Waals surface area contributed by atoms with Crippen LogP contribution in [0.5, 0.6) is 0 Å². The van der Waals surface area contributed by atoms with Crippen molar-refractivity contribution in [2.45, 2.75) is 12.8 Å². The zero-order valence-electron chi connectivity index (χ0n) is 5.79. The van der Waals surface area contributed by atoms with Crippen LogP contribution in [0.25, 0.3) is 0 Å². The molecule has 4 nitrogen and oxygen atoms in total. The molecule has 0 aromatic carbocycles. The number of rotatable bonds is 3. The van der Waals surface area contributed by atoms with E-state index in [0.717, 1.165) is 31.1 Å². The summed E-state index contributed by atoms with van der Waals surface area (Å²) in [5, 5.41) is 11.7. The Bertz CT molecular complexity index is 112. The predicted molar refractivity (Wildman–Crippen MR) is 35.0 cm³/mol. The number of hydrogen-bond acceptors (Lipinski definition) is 4. The lowest BCUT2D eigenvalue weighted by atomic mass is 10.4. The zero-order valence-corrected chi connectivity index (χ0v) is 5.79. The molecular weight excluding hydrogens is 132 g/mol. The lowest BCUT2D eigenvalue weighted by Gasteiger charge is -2.22. The van der Waals surface area contributed by atoms with Gasteiger partial charge < -0.3 is 0 Å². The van der Waals surface area contributed by atoms with Crippen molar-refractivity contribution in [3.05, 3.63) is 0 Å². The Kier molecular flexibility index (Phi) is 2.80. The van der Waals surface area contributed by atoms with E-state index in [1.807, 2.05) is 0 Å². The van der Waals surface area contributed by atoms with Crippen LogP contribution in [0.4, 0.5) is 0 Å². The minimum absolute atomic E-state index is 0.0417. The molecule has 1 aliphatic heterocycles. The summed E-state index contributed by atoms with van der Waals surface area (Å²) in [7, 11) is 0. The minimum atomic E-state index is -0.0417. The van der Waals surface area contributed by atoms with E-state index in [-0.39, 0.29) is 6.54 Å². The van der Waals surface area contributed by atoms with Gasteiger partial charge in [0.25, 0.3) is 0 Å². The van der Waals surface area contributed by atoms with E-state index in [2.05, 4.69) is 0 Å². The average Bonchev–Trinajstić information content (AvgIpc) is 2.38. The highest BCUT2D eigenvalue weighted by atomic mass is 16.5. The molecule has 4 heteroatoms. The van der Waals surface area contributed by atoms with Crippen molar-refractivity contribution in [2.24, 2.45) is 0 Å². The Morgan fingerprint density at radius 1 is 1.50 bits per heavy atom. The number of hydrogen-bond donors (Lipinski definition) is 1. The molecule has 0 saturated carbocycles. The molecule has 1 saturated heterocycles. The highest BCUT2D eigenvalue weighted by molar-refractivity contribution is 5.52. The monoisotopic (exact) mass is 143 g/mol. The average molecular weight is 143 g/mol. The van der Waals surface area contributed by atoms with Crippen LogP contribution in [0.3, 0.4) is 0 Å². The van der Waals surface area contributed by atoms with Gasteiger partial charge in [0.05, 0.1) is 0 Å². The maximum absolute atomic E-state index is 9.82. The van der Waals surface area contributed by atoms with Crippen LogP contribution in [0, 0.1) is 0 Å². The molecule has 0 aliphatic carbocycles. The summed E-state index contributed by atoms with van der Waals surface area (Å²) in [5.74, 6) is 0. The van der Waals surface area contributed by atoms with Crippen molar-refractivity contribution in [1.82, 2.24) is 10.2 Å². The summed E-state index contributed by atoms with van der Waals surface area (Å²) < 4.78 is 0. The van der Waals surface area contributed by atoms with Gasteiger partial charge in [-0.25, -0.2) is 5.01 Å². The van der Waals surface area contributed by atoms with Crippen LogP contribution in [0.15, 0.2) is 0 Å². The smallest absolute Gasteiger partial charge is 0.217 e. The highest BCUT2D eigenvalue weighted by Gasteiger charge is 2.16. The van der Waals surface area contributed by atoms with Gasteiger partial charge in [0.15, 0.2) is 0 Å². The Hall–Kier alpha value is -0.450. The van der Waals surface area contributed by atoms with Crippen molar-refractivity contribution >= 4 is 6.29 Å². The van der Waals surface area contributed by atoms with Gasteiger partial charge >= 0.3 is 0 Å². The highest BCUT2D eigenvalue weighted by Crippen LogP contribution is 2.07. The van der Waals surface area contributed by atoms with E-state index in [9.17, 15) is 4.79 Å². The summed E-state index contributed by atoms with van der Waals surface area (Å²) in [6.07, 6.45) is 3.81. The molecule has 0 atom stereocenters. The SMILES string of the molecule is O=[C]CN(O)N1CCCC1. The minimum Gasteiger partial charge on any atom is -0.298 e. The van der Waals surface area contributed by atoms with Gasteiger partial charge in [0.2, 0.25) is 6.29 Å². The van der Waals surface area contributed by atoms with E-state index >= 15 is 0 Å². The molecule has 1 fully saturated rings. The maximum atomic E-state index is 9.82. The molecule has 1 radical (unpaired) electrons. The Balaban J connectivity index is 2.24. The first-order chi connectivity index (χ1) is 4.84. The number of nitrogens with zero attached hydrogens (tertiary/aromatic N) is 2. The Morgan fingerprint density at radius 2 is 2.10 bits per heavy atom. The largest absolute Gasteiger partial charge is 0.298 e. The molecule has 1 heterocycles. The van der Waals surface area contributed by atoms with Gasteiger partial charge in [0, 0.05) is 13.1 Å². The Morgan fingerprint density at radius 3 is 2.60 bits per heavy atom. The number of hydroxylamine groups is 1. The second-order valence-corrected chi connectivity index (χ2v) is 2.34. The number of carbonyl (C=O) groups excluding carboxylic acids is 1. The molecule has 0 spiro atoms. The summed E-state index contributed by atoms with van der Waals surface area (Å²) >= 11 is 0. The quantitative estimate of drug-likeness (QED) is 0.555. The van der Waals surface area contributed by atoms with Crippen molar-refractivity contribution in [3.8, 4) is 0 Å². The third-order valence-electron chi connectivity index (χ3n) is 1.61. The second-order valence-electron chi connectivity index (χ2n) is 2.34. The van der Waals surface area contributed by atoms with Gasteiger partial charge in [0.1, 0.15) is 6.54 Å². The third-order valence-corrected chi connectivity index (χ3v) is 1.61. The van der Waals surface area contributed by atoms with Crippen LogP contribution in [0.1, 0.15) is 12.8 Å². The molecule has 0 aromatic heterocycles. The van der Waals surface area contributed by atoms with Crippen LogP contribution >= 0.6 is 0 Å². The fourth-order valence-corrected chi connectivity index (χ4v) is 1.09. The van der Waals surface area contributed by atoms with Crippen LogP contribution < -0.4 is 0 Å². The van der Waals surface area contributed by atoms with E-state index in [1.54, 1.807) is 11.3 Å². The number of hydrazine groups is 1. The maximum Gasteiger partial charge on any atom is 0.217 e. The summed E-state index contributed by atoms with van der Waals surface area (Å²) in [6, 6.07) is 0. The summed E-state index contributed by atoms with van der Waals surface area (Å²) in [5.41, 5.74) is 0. The molecule has 1 N–H and O–H groups in total. The molecule has 0 unspecified atom stereocenters. The topological polar surface area (TPSA) is 43.8 Å². The van der Waals surface area contributed by atoms with Gasteiger partial charge in [-0.1, -0.05) is 0 Å². The van der Waals surface area contributed by atoms with Crippen LogP contribution in [0.2, 0.25) is 0 Å². The van der Waals surface area contributed by atoms with Crippen molar-refractivity contribution in [3.63, 3.8) is 0 Å². The van der Waals surface area contributed by atoms with Crippen LogP contribution in [-0.2, 0) is 4.79 Å². The molecule has 57 valence electrons. The lowest BCUT2D eigenvalue weighted by molar-refractivity contribution is -0.226. The molecule has 0 bridgehead atoms. The molecule has 10 heavy (non-hydrogen) atoms. The summed E-state index contributed by atoms with van der Waals surface area (Å²) in [6.45, 7) is 1.65. The van der Waals surface area contributed by atoms with E-state index in [1.165, 1.54) is 0 Å². The van der Waals surface area contributed by atoms with Crippen molar-refractivity contribution < 1.29 is 10.0 Å². The van der Waals surface area contributed by atoms with Gasteiger partial charge in [-0.15, -0.1) is 5.17 Å². The molecule has 0 aromatic rings. The van der Waals surface area contributed by atoms with Crippen molar-refractivity contribution in [1.29, 1.82) is 0 Å². The molecule has 1 rings (SSSR count). The molecular formula is C6H11N2O2. The fourth-order valence-electron chi connectivity index (χ4n) is 1.09. The van der Waals surface area contributed by atoms with Crippen LogP contribution in [-0.4, -0.2) is 41.3 Å². The third kappa shape index (κ3) is 1.76. The summed E-state index contributed by atoms with van der Waals surface area (Å²) in [4.78, 5) is 9.82. The van der Waals surface area contributed by atoms with Gasteiger partial charge in [-0.2, -0.15) is 0 Å². The Labute approximate surface area is 60.0 Å². The normalized spacial score (nSPS) is 20.2.